The van der Waals surface area contributed by atoms with Gasteiger partial charge in [-0.1, -0.05) is 18.2 Å². The van der Waals surface area contributed by atoms with Crippen molar-refractivity contribution in [2.75, 3.05) is 19.6 Å². The normalized spacial score (nSPS) is 19.0. The molecule has 2 rings (SSSR count). The predicted octanol–water partition coefficient (Wildman–Crippen LogP) is 2.37. The van der Waals surface area contributed by atoms with E-state index in [1.54, 1.807) is 0 Å². The third kappa shape index (κ3) is 3.24. The van der Waals surface area contributed by atoms with Gasteiger partial charge in [0.15, 0.2) is 0 Å². The highest BCUT2D eigenvalue weighted by Gasteiger charge is 2.24. The first-order valence-corrected chi connectivity index (χ1v) is 7.27. The van der Waals surface area contributed by atoms with Gasteiger partial charge < -0.3 is 5.73 Å². The van der Waals surface area contributed by atoms with E-state index in [4.69, 9.17) is 5.73 Å². The highest BCUT2D eigenvalue weighted by Crippen LogP contribution is 2.37. The van der Waals surface area contributed by atoms with Crippen LogP contribution >= 0.6 is 11.8 Å². The molecule has 0 saturated carbocycles. The number of fused-ring (bicyclic) bond motifs is 1. The van der Waals surface area contributed by atoms with Gasteiger partial charge in [0.05, 0.1) is 0 Å². The average molecular weight is 250 g/mol. The Morgan fingerprint density at radius 2 is 2.18 bits per heavy atom. The Bertz CT molecular complexity index is 340. The largest absolute Gasteiger partial charge is 0.329 e. The number of benzene rings is 1. The predicted molar refractivity (Wildman–Crippen MR) is 75.6 cm³/mol. The Morgan fingerprint density at radius 1 is 1.41 bits per heavy atom. The maximum atomic E-state index is 5.68. The summed E-state index contributed by atoms with van der Waals surface area (Å²) in [6, 6.07) is 9.35. The van der Waals surface area contributed by atoms with Crippen LogP contribution in [0.4, 0.5) is 0 Å². The molecule has 1 aliphatic rings. The smallest absolute Gasteiger partial charge is 0.0263 e. The SMILES string of the molecule is CC(C)N(CCN)CC1Cc2ccccc2S1. The molecule has 0 amide bonds. The van der Waals surface area contributed by atoms with Crippen molar-refractivity contribution in [2.45, 2.75) is 36.5 Å². The molecular formula is C14H22N2S. The van der Waals surface area contributed by atoms with Crippen molar-refractivity contribution in [3.05, 3.63) is 29.8 Å². The summed E-state index contributed by atoms with van der Waals surface area (Å²) < 4.78 is 0. The lowest BCUT2D eigenvalue weighted by atomic mass is 10.1. The van der Waals surface area contributed by atoms with E-state index in [0.29, 0.717) is 11.3 Å². The number of hydrogen-bond donors (Lipinski definition) is 1. The quantitative estimate of drug-likeness (QED) is 0.870. The minimum absolute atomic E-state index is 0.586. The molecule has 2 N–H and O–H groups in total. The van der Waals surface area contributed by atoms with Crippen LogP contribution in [0.5, 0.6) is 0 Å². The Morgan fingerprint density at radius 3 is 2.82 bits per heavy atom. The van der Waals surface area contributed by atoms with Crippen molar-refractivity contribution < 1.29 is 0 Å². The van der Waals surface area contributed by atoms with Crippen molar-refractivity contribution in [2.24, 2.45) is 5.73 Å². The summed E-state index contributed by atoms with van der Waals surface area (Å²) in [7, 11) is 0. The van der Waals surface area contributed by atoms with Crippen LogP contribution in [0.3, 0.4) is 0 Å². The van der Waals surface area contributed by atoms with Crippen molar-refractivity contribution in [1.82, 2.24) is 4.90 Å². The highest BCUT2D eigenvalue weighted by atomic mass is 32.2. The molecule has 1 heterocycles. The van der Waals surface area contributed by atoms with Crippen LogP contribution in [0.25, 0.3) is 0 Å². The maximum Gasteiger partial charge on any atom is 0.0263 e. The fourth-order valence-corrected chi connectivity index (χ4v) is 3.69. The van der Waals surface area contributed by atoms with Gasteiger partial charge in [-0.15, -0.1) is 11.8 Å². The molecular weight excluding hydrogens is 228 g/mol. The molecule has 94 valence electrons. The first kappa shape index (κ1) is 12.9. The van der Waals surface area contributed by atoms with Gasteiger partial charge in [0, 0.05) is 35.8 Å². The Hall–Kier alpha value is -0.510. The number of thioether (sulfide) groups is 1. The van der Waals surface area contributed by atoms with Gasteiger partial charge in [0.2, 0.25) is 0 Å². The Balaban J connectivity index is 1.94. The second kappa shape index (κ2) is 5.89. The molecule has 0 aromatic heterocycles. The van der Waals surface area contributed by atoms with E-state index in [9.17, 15) is 0 Å². The van der Waals surface area contributed by atoms with Crippen molar-refractivity contribution >= 4 is 11.8 Å². The van der Waals surface area contributed by atoms with E-state index in [1.807, 2.05) is 11.8 Å². The molecule has 0 saturated heterocycles. The van der Waals surface area contributed by atoms with E-state index in [2.05, 4.69) is 43.0 Å². The Labute approximate surface area is 109 Å². The van der Waals surface area contributed by atoms with Gasteiger partial charge in [-0.3, -0.25) is 4.90 Å². The standard InChI is InChI=1S/C14H22N2S/c1-11(2)16(8-7-15)10-13-9-12-5-3-4-6-14(12)17-13/h3-6,11,13H,7-10,15H2,1-2H3. The first-order chi connectivity index (χ1) is 8.20. The third-order valence-corrected chi connectivity index (χ3v) is 4.60. The van der Waals surface area contributed by atoms with Crippen LogP contribution in [-0.2, 0) is 6.42 Å². The lowest BCUT2D eigenvalue weighted by Gasteiger charge is -2.28. The van der Waals surface area contributed by atoms with Gasteiger partial charge in [-0.2, -0.15) is 0 Å². The lowest BCUT2D eigenvalue weighted by Crippen LogP contribution is -2.39. The van der Waals surface area contributed by atoms with Gasteiger partial charge >= 0.3 is 0 Å². The van der Waals surface area contributed by atoms with Crippen LogP contribution in [0.15, 0.2) is 29.2 Å². The van der Waals surface area contributed by atoms with E-state index in [-0.39, 0.29) is 0 Å². The second-order valence-electron chi connectivity index (χ2n) is 4.93. The highest BCUT2D eigenvalue weighted by molar-refractivity contribution is 8.00. The summed E-state index contributed by atoms with van der Waals surface area (Å²) in [6.07, 6.45) is 1.20. The summed E-state index contributed by atoms with van der Waals surface area (Å²) >= 11 is 2.03. The van der Waals surface area contributed by atoms with E-state index < -0.39 is 0 Å². The van der Waals surface area contributed by atoms with Gasteiger partial charge in [-0.05, 0) is 31.9 Å². The summed E-state index contributed by atoms with van der Waals surface area (Å²) in [5, 5.41) is 0.696. The molecule has 1 aromatic rings. The first-order valence-electron chi connectivity index (χ1n) is 6.39. The summed E-state index contributed by atoms with van der Waals surface area (Å²) in [5.41, 5.74) is 7.19. The lowest BCUT2D eigenvalue weighted by molar-refractivity contribution is 0.229. The molecule has 1 aliphatic heterocycles. The molecule has 1 unspecified atom stereocenters. The number of nitrogens with two attached hydrogens (primary N) is 1. The summed E-state index contributed by atoms with van der Waals surface area (Å²) in [4.78, 5) is 3.96. The van der Waals surface area contributed by atoms with Crippen LogP contribution in [0.1, 0.15) is 19.4 Å². The van der Waals surface area contributed by atoms with E-state index >= 15 is 0 Å². The van der Waals surface area contributed by atoms with Crippen LogP contribution in [0.2, 0.25) is 0 Å². The topological polar surface area (TPSA) is 29.3 Å². The van der Waals surface area contributed by atoms with Crippen LogP contribution in [-0.4, -0.2) is 35.8 Å². The molecule has 0 spiro atoms. The molecule has 17 heavy (non-hydrogen) atoms. The van der Waals surface area contributed by atoms with Gasteiger partial charge in [0.25, 0.3) is 0 Å². The zero-order chi connectivity index (χ0) is 12.3. The molecule has 1 atom stereocenters. The molecule has 0 radical (unpaired) electrons. The zero-order valence-electron chi connectivity index (χ0n) is 10.7. The van der Waals surface area contributed by atoms with E-state index in [0.717, 1.165) is 19.6 Å². The van der Waals surface area contributed by atoms with Crippen molar-refractivity contribution in [1.29, 1.82) is 0 Å². The number of nitrogens with zero attached hydrogens (tertiary/aromatic N) is 1. The Kier molecular flexibility index (Phi) is 4.48. The summed E-state index contributed by atoms with van der Waals surface area (Å²) in [6.45, 7) is 7.41. The monoisotopic (exact) mass is 250 g/mol. The number of hydrogen-bond acceptors (Lipinski definition) is 3. The fraction of sp³-hybridized carbons (Fsp3) is 0.571. The molecule has 0 aliphatic carbocycles. The molecule has 1 aromatic carbocycles. The van der Waals surface area contributed by atoms with Crippen LogP contribution in [0, 0.1) is 0 Å². The maximum absolute atomic E-state index is 5.68. The number of rotatable bonds is 5. The molecule has 0 fully saturated rings. The van der Waals surface area contributed by atoms with E-state index in [1.165, 1.54) is 16.9 Å². The van der Waals surface area contributed by atoms with Gasteiger partial charge in [0.1, 0.15) is 0 Å². The third-order valence-electron chi connectivity index (χ3n) is 3.30. The second-order valence-corrected chi connectivity index (χ2v) is 6.27. The van der Waals surface area contributed by atoms with Crippen LogP contribution < -0.4 is 5.73 Å². The van der Waals surface area contributed by atoms with Crippen molar-refractivity contribution in [3.63, 3.8) is 0 Å². The summed E-state index contributed by atoms with van der Waals surface area (Å²) in [5.74, 6) is 0. The van der Waals surface area contributed by atoms with Gasteiger partial charge in [-0.25, -0.2) is 0 Å². The fourth-order valence-electron chi connectivity index (χ4n) is 2.34. The minimum Gasteiger partial charge on any atom is -0.329 e. The average Bonchev–Trinajstić information content (AvgIpc) is 2.70. The zero-order valence-corrected chi connectivity index (χ0v) is 11.5. The van der Waals surface area contributed by atoms with Crippen molar-refractivity contribution in [3.8, 4) is 0 Å². The molecule has 2 nitrogen and oxygen atoms in total. The minimum atomic E-state index is 0.586. The molecule has 0 bridgehead atoms. The molecule has 3 heteroatoms.